The number of hydrogen-bond donors (Lipinski definition) is 0. The molecule has 1 aromatic heterocycles. The lowest BCUT2D eigenvalue weighted by Gasteiger charge is -2.12. The van der Waals surface area contributed by atoms with E-state index in [0.29, 0.717) is 12.0 Å². The first-order valence-electron chi connectivity index (χ1n) is 5.93. The summed E-state index contributed by atoms with van der Waals surface area (Å²) >= 11 is 0. The number of nitrogens with zero attached hydrogens (tertiary/aromatic N) is 3. The maximum absolute atomic E-state index is 12.7. The lowest BCUT2D eigenvalue weighted by Crippen LogP contribution is -2.09. The van der Waals surface area contributed by atoms with Gasteiger partial charge in [0.05, 0.1) is 16.9 Å². The van der Waals surface area contributed by atoms with Crippen LogP contribution in [0.3, 0.4) is 0 Å². The first-order chi connectivity index (χ1) is 9.34. The van der Waals surface area contributed by atoms with Gasteiger partial charge in [0.25, 0.3) is 0 Å². The number of halogens is 3. The number of benzene rings is 1. The minimum Gasteiger partial charge on any atom is -0.296 e. The Balaban J connectivity index is 2.58. The maximum atomic E-state index is 12.7. The minimum absolute atomic E-state index is 0.0975. The number of alkyl halides is 3. The Labute approximate surface area is 113 Å². The van der Waals surface area contributed by atoms with Crippen LogP contribution in [-0.4, -0.2) is 21.3 Å². The molecule has 20 heavy (non-hydrogen) atoms. The molecule has 0 radical (unpaired) electrons. The van der Waals surface area contributed by atoms with Gasteiger partial charge in [-0.3, -0.25) is 4.79 Å². The van der Waals surface area contributed by atoms with Gasteiger partial charge in [0.2, 0.25) is 0 Å². The van der Waals surface area contributed by atoms with Crippen LogP contribution in [0.4, 0.5) is 13.2 Å². The van der Waals surface area contributed by atoms with Crippen molar-refractivity contribution in [1.82, 2.24) is 15.0 Å². The van der Waals surface area contributed by atoms with Crippen molar-refractivity contribution < 1.29 is 18.0 Å². The second-order valence-electron chi connectivity index (χ2n) is 4.59. The van der Waals surface area contributed by atoms with E-state index >= 15 is 0 Å². The zero-order chi connectivity index (χ0) is 14.9. The van der Waals surface area contributed by atoms with Gasteiger partial charge in [0, 0.05) is 0 Å². The largest absolute Gasteiger partial charge is 0.416 e. The quantitative estimate of drug-likeness (QED) is 0.812. The third-order valence-electron chi connectivity index (χ3n) is 2.81. The number of carbonyl (C=O) groups is 1. The fourth-order valence-electron chi connectivity index (χ4n) is 1.93. The maximum Gasteiger partial charge on any atom is 0.416 e. The molecule has 7 heteroatoms. The highest BCUT2D eigenvalue weighted by atomic mass is 19.4. The predicted octanol–water partition coefficient (Wildman–Crippen LogP) is 3.22. The lowest BCUT2D eigenvalue weighted by atomic mass is 10.1. The molecule has 0 fully saturated rings. The average molecular weight is 283 g/mol. The lowest BCUT2D eigenvalue weighted by molar-refractivity contribution is -0.137. The standard InChI is InChI=1S/C13H12F3N3O/c1-8(2)12-11(7-20)17-18-19(12)10-5-3-4-9(6-10)13(14,15)16/h3-8H,1-2H3. The van der Waals surface area contributed by atoms with E-state index in [1.54, 1.807) is 0 Å². The number of aldehydes is 1. The summed E-state index contributed by atoms with van der Waals surface area (Å²) in [7, 11) is 0. The fourth-order valence-corrected chi connectivity index (χ4v) is 1.93. The molecule has 1 aromatic carbocycles. The molecule has 0 N–H and O–H groups in total. The van der Waals surface area contributed by atoms with Gasteiger partial charge in [-0.25, -0.2) is 4.68 Å². The van der Waals surface area contributed by atoms with E-state index in [2.05, 4.69) is 10.3 Å². The Morgan fingerprint density at radius 3 is 2.55 bits per heavy atom. The third kappa shape index (κ3) is 2.56. The van der Waals surface area contributed by atoms with E-state index in [9.17, 15) is 18.0 Å². The van der Waals surface area contributed by atoms with E-state index < -0.39 is 11.7 Å². The minimum atomic E-state index is -4.43. The van der Waals surface area contributed by atoms with E-state index in [-0.39, 0.29) is 17.3 Å². The molecule has 2 rings (SSSR count). The average Bonchev–Trinajstić information content (AvgIpc) is 2.81. The highest BCUT2D eigenvalue weighted by molar-refractivity contribution is 5.73. The Morgan fingerprint density at radius 2 is 2.00 bits per heavy atom. The Bertz CT molecular complexity index is 632. The van der Waals surface area contributed by atoms with E-state index in [0.717, 1.165) is 12.1 Å². The SMILES string of the molecule is CC(C)c1c(C=O)nnn1-c1cccc(C(F)(F)F)c1. The monoisotopic (exact) mass is 283 g/mol. The van der Waals surface area contributed by atoms with Crippen LogP contribution in [0.15, 0.2) is 24.3 Å². The zero-order valence-electron chi connectivity index (χ0n) is 10.8. The van der Waals surface area contributed by atoms with Gasteiger partial charge < -0.3 is 0 Å². The van der Waals surface area contributed by atoms with Crippen LogP contribution >= 0.6 is 0 Å². The van der Waals surface area contributed by atoms with Crippen LogP contribution in [0.25, 0.3) is 5.69 Å². The summed E-state index contributed by atoms with van der Waals surface area (Å²) in [5, 5.41) is 7.46. The molecular weight excluding hydrogens is 271 g/mol. The number of carbonyl (C=O) groups excluding carboxylic acids is 1. The molecule has 0 bridgehead atoms. The number of hydrogen-bond acceptors (Lipinski definition) is 3. The molecule has 0 amide bonds. The highest BCUT2D eigenvalue weighted by Crippen LogP contribution is 2.31. The normalized spacial score (nSPS) is 11.9. The smallest absolute Gasteiger partial charge is 0.296 e. The number of aromatic nitrogens is 3. The predicted molar refractivity (Wildman–Crippen MR) is 65.8 cm³/mol. The van der Waals surface area contributed by atoms with Crippen molar-refractivity contribution in [2.75, 3.05) is 0 Å². The Hall–Kier alpha value is -2.18. The van der Waals surface area contributed by atoms with Gasteiger partial charge >= 0.3 is 6.18 Å². The molecular formula is C13H12F3N3O. The van der Waals surface area contributed by atoms with Crippen molar-refractivity contribution in [3.05, 3.63) is 41.2 Å². The first-order valence-corrected chi connectivity index (χ1v) is 5.93. The molecule has 0 saturated carbocycles. The van der Waals surface area contributed by atoms with Gasteiger partial charge in [0.15, 0.2) is 6.29 Å². The Kier molecular flexibility index (Phi) is 3.61. The van der Waals surface area contributed by atoms with Crippen molar-refractivity contribution in [2.45, 2.75) is 25.9 Å². The van der Waals surface area contributed by atoms with Crippen LogP contribution in [0.1, 0.15) is 41.5 Å². The van der Waals surface area contributed by atoms with Crippen LogP contribution in [0.5, 0.6) is 0 Å². The first kappa shape index (κ1) is 14.2. The summed E-state index contributed by atoms with van der Waals surface area (Å²) < 4.78 is 39.4. The van der Waals surface area contributed by atoms with Crippen molar-refractivity contribution >= 4 is 6.29 Å². The zero-order valence-corrected chi connectivity index (χ0v) is 10.8. The van der Waals surface area contributed by atoms with E-state index in [4.69, 9.17) is 0 Å². The number of rotatable bonds is 3. The molecule has 0 atom stereocenters. The molecule has 1 heterocycles. The summed E-state index contributed by atoms with van der Waals surface area (Å²) in [4.78, 5) is 10.9. The van der Waals surface area contributed by atoms with Gasteiger partial charge in [-0.05, 0) is 24.1 Å². The summed E-state index contributed by atoms with van der Waals surface area (Å²) in [6.45, 7) is 3.63. The molecule has 0 aliphatic carbocycles. The fraction of sp³-hybridized carbons (Fsp3) is 0.308. The van der Waals surface area contributed by atoms with Crippen LogP contribution in [0, 0.1) is 0 Å². The second kappa shape index (κ2) is 5.07. The summed E-state index contributed by atoms with van der Waals surface area (Å²) in [6.07, 6.45) is -3.88. The van der Waals surface area contributed by atoms with E-state index in [1.165, 1.54) is 16.8 Å². The van der Waals surface area contributed by atoms with Gasteiger partial charge in [0.1, 0.15) is 5.69 Å². The van der Waals surface area contributed by atoms with Crippen molar-refractivity contribution in [3.63, 3.8) is 0 Å². The Morgan fingerprint density at radius 1 is 1.30 bits per heavy atom. The van der Waals surface area contributed by atoms with Crippen molar-refractivity contribution in [1.29, 1.82) is 0 Å². The summed E-state index contributed by atoms with van der Waals surface area (Å²) in [5.41, 5.74) is 0.0775. The van der Waals surface area contributed by atoms with Gasteiger partial charge in [-0.1, -0.05) is 25.1 Å². The van der Waals surface area contributed by atoms with Gasteiger partial charge in [-0.2, -0.15) is 13.2 Å². The van der Waals surface area contributed by atoms with Crippen LogP contribution in [-0.2, 0) is 6.18 Å². The van der Waals surface area contributed by atoms with Crippen molar-refractivity contribution in [3.8, 4) is 5.69 Å². The van der Waals surface area contributed by atoms with Crippen LogP contribution in [0.2, 0.25) is 0 Å². The van der Waals surface area contributed by atoms with Crippen molar-refractivity contribution in [2.24, 2.45) is 0 Å². The summed E-state index contributed by atoms with van der Waals surface area (Å²) in [6, 6.07) is 4.75. The molecule has 2 aromatic rings. The molecule has 0 unspecified atom stereocenters. The topological polar surface area (TPSA) is 47.8 Å². The molecule has 106 valence electrons. The van der Waals surface area contributed by atoms with Crippen LogP contribution < -0.4 is 0 Å². The second-order valence-corrected chi connectivity index (χ2v) is 4.59. The molecule has 0 aliphatic heterocycles. The molecule has 4 nitrogen and oxygen atoms in total. The summed E-state index contributed by atoms with van der Waals surface area (Å²) in [5.74, 6) is -0.0975. The van der Waals surface area contributed by atoms with Gasteiger partial charge in [-0.15, -0.1) is 5.10 Å². The third-order valence-corrected chi connectivity index (χ3v) is 2.81. The molecule has 0 saturated heterocycles. The van der Waals surface area contributed by atoms with E-state index in [1.807, 2.05) is 13.8 Å². The highest BCUT2D eigenvalue weighted by Gasteiger charge is 2.31. The molecule has 0 aliphatic rings. The molecule has 0 spiro atoms.